The van der Waals surface area contributed by atoms with Crippen molar-refractivity contribution in [2.45, 2.75) is 13.3 Å². The van der Waals surface area contributed by atoms with Crippen LogP contribution in [-0.2, 0) is 4.74 Å². The van der Waals surface area contributed by atoms with Gasteiger partial charge >= 0.3 is 0 Å². The molecule has 0 amide bonds. The number of allylic oxidation sites excluding steroid dienone is 1. The Labute approximate surface area is 68.1 Å². The van der Waals surface area contributed by atoms with E-state index < -0.39 is 0 Å². The predicted molar refractivity (Wildman–Crippen MR) is 47.5 cm³/mol. The molecule has 0 radical (unpaired) electrons. The van der Waals surface area contributed by atoms with Gasteiger partial charge in [-0.3, -0.25) is 0 Å². The molecule has 1 heterocycles. The number of ether oxygens (including phenoxy) is 1. The van der Waals surface area contributed by atoms with Gasteiger partial charge in [0.2, 0.25) is 0 Å². The minimum atomic E-state index is 0.705. The third-order valence-corrected chi connectivity index (χ3v) is 1.91. The van der Waals surface area contributed by atoms with E-state index in [1.807, 2.05) is 13.0 Å². The second-order valence-electron chi connectivity index (χ2n) is 2.79. The Kier molecular flexibility index (Phi) is 2.66. The molecule has 1 nitrogen and oxygen atoms in total. The summed E-state index contributed by atoms with van der Waals surface area (Å²) in [6.07, 6.45) is 2.89. The topological polar surface area (TPSA) is 9.23 Å². The zero-order valence-electron chi connectivity index (χ0n) is 7.02. The molecule has 0 unspecified atom stereocenters. The van der Waals surface area contributed by atoms with Crippen LogP contribution >= 0.6 is 0 Å². The lowest BCUT2D eigenvalue weighted by atomic mass is 9.99. The van der Waals surface area contributed by atoms with Gasteiger partial charge in [-0.2, -0.15) is 0 Å². The van der Waals surface area contributed by atoms with Crippen LogP contribution in [0.5, 0.6) is 0 Å². The molecule has 0 aromatic carbocycles. The fourth-order valence-corrected chi connectivity index (χ4v) is 1.22. The van der Waals surface area contributed by atoms with Gasteiger partial charge in [0.15, 0.2) is 0 Å². The highest BCUT2D eigenvalue weighted by Crippen LogP contribution is 2.21. The van der Waals surface area contributed by atoms with Crippen molar-refractivity contribution < 1.29 is 4.74 Å². The third-order valence-electron chi connectivity index (χ3n) is 1.91. The summed E-state index contributed by atoms with van der Waals surface area (Å²) in [5, 5.41) is 0. The normalized spacial score (nSPS) is 18.3. The first-order valence-electron chi connectivity index (χ1n) is 3.83. The standard InChI is InChI=1S/C10H14O/c1-4-9-5-6-11-7-10(9)8(2)3/h4H,1-2,5-7H2,3H3. The van der Waals surface area contributed by atoms with Crippen molar-refractivity contribution in [2.75, 3.05) is 13.2 Å². The van der Waals surface area contributed by atoms with E-state index in [1.54, 1.807) is 0 Å². The molecule has 60 valence electrons. The smallest absolute Gasteiger partial charge is 0.0722 e. The molecule has 0 N–H and O–H groups in total. The molecule has 0 spiro atoms. The van der Waals surface area contributed by atoms with Crippen LogP contribution in [0, 0.1) is 0 Å². The van der Waals surface area contributed by atoms with Crippen molar-refractivity contribution in [2.24, 2.45) is 0 Å². The van der Waals surface area contributed by atoms with E-state index in [9.17, 15) is 0 Å². The van der Waals surface area contributed by atoms with E-state index in [0.29, 0.717) is 6.61 Å². The summed E-state index contributed by atoms with van der Waals surface area (Å²) >= 11 is 0. The van der Waals surface area contributed by atoms with Crippen LogP contribution in [-0.4, -0.2) is 13.2 Å². The first kappa shape index (κ1) is 8.28. The molecule has 1 heteroatoms. The average Bonchev–Trinajstić information content (AvgIpc) is 2.04. The SMILES string of the molecule is C=CC1=C(C(=C)C)COCC1. The zero-order valence-corrected chi connectivity index (χ0v) is 7.02. The van der Waals surface area contributed by atoms with Gasteiger partial charge in [0.05, 0.1) is 13.2 Å². The Morgan fingerprint density at radius 2 is 2.36 bits per heavy atom. The quantitative estimate of drug-likeness (QED) is 0.587. The van der Waals surface area contributed by atoms with Gasteiger partial charge in [-0.05, 0) is 24.5 Å². The number of rotatable bonds is 2. The molecule has 0 saturated heterocycles. The lowest BCUT2D eigenvalue weighted by Gasteiger charge is -2.18. The van der Waals surface area contributed by atoms with Gasteiger partial charge < -0.3 is 4.74 Å². The fraction of sp³-hybridized carbons (Fsp3) is 0.400. The van der Waals surface area contributed by atoms with Crippen molar-refractivity contribution >= 4 is 0 Å². The highest BCUT2D eigenvalue weighted by Gasteiger charge is 2.10. The molecule has 0 fully saturated rings. The van der Waals surface area contributed by atoms with Crippen LogP contribution < -0.4 is 0 Å². The minimum Gasteiger partial charge on any atom is -0.376 e. The van der Waals surface area contributed by atoms with E-state index >= 15 is 0 Å². The van der Waals surface area contributed by atoms with E-state index in [1.165, 1.54) is 11.1 Å². The van der Waals surface area contributed by atoms with Crippen molar-refractivity contribution in [3.8, 4) is 0 Å². The van der Waals surface area contributed by atoms with Crippen molar-refractivity contribution in [3.05, 3.63) is 36.0 Å². The van der Waals surface area contributed by atoms with Gasteiger partial charge in [-0.15, -0.1) is 0 Å². The predicted octanol–water partition coefficient (Wildman–Crippen LogP) is 2.47. The van der Waals surface area contributed by atoms with Crippen molar-refractivity contribution in [1.29, 1.82) is 0 Å². The second kappa shape index (κ2) is 3.54. The van der Waals surface area contributed by atoms with Gasteiger partial charge in [-0.25, -0.2) is 0 Å². The molecular weight excluding hydrogens is 136 g/mol. The maximum atomic E-state index is 5.31. The molecule has 11 heavy (non-hydrogen) atoms. The van der Waals surface area contributed by atoms with Gasteiger partial charge in [0, 0.05) is 0 Å². The Balaban J connectivity index is 2.90. The summed E-state index contributed by atoms with van der Waals surface area (Å²) in [4.78, 5) is 0. The lowest BCUT2D eigenvalue weighted by molar-refractivity contribution is 0.149. The Bertz CT molecular complexity index is 211. The molecule has 0 aromatic heterocycles. The number of hydrogen-bond donors (Lipinski definition) is 0. The maximum Gasteiger partial charge on any atom is 0.0722 e. The lowest BCUT2D eigenvalue weighted by Crippen LogP contribution is -2.10. The monoisotopic (exact) mass is 150 g/mol. The molecule has 0 aromatic rings. The van der Waals surface area contributed by atoms with Crippen molar-refractivity contribution in [1.82, 2.24) is 0 Å². The van der Waals surface area contributed by atoms with Gasteiger partial charge in [0.1, 0.15) is 0 Å². The van der Waals surface area contributed by atoms with Gasteiger partial charge in [0.25, 0.3) is 0 Å². The summed E-state index contributed by atoms with van der Waals surface area (Å²) in [5.74, 6) is 0. The Morgan fingerprint density at radius 1 is 1.64 bits per heavy atom. The summed E-state index contributed by atoms with van der Waals surface area (Å²) in [7, 11) is 0. The highest BCUT2D eigenvalue weighted by atomic mass is 16.5. The summed E-state index contributed by atoms with van der Waals surface area (Å²) in [6, 6.07) is 0. The first-order chi connectivity index (χ1) is 5.25. The second-order valence-corrected chi connectivity index (χ2v) is 2.79. The zero-order chi connectivity index (χ0) is 8.27. The fourth-order valence-electron chi connectivity index (χ4n) is 1.22. The van der Waals surface area contributed by atoms with E-state index in [0.717, 1.165) is 18.6 Å². The summed E-state index contributed by atoms with van der Waals surface area (Å²) < 4.78 is 5.31. The average molecular weight is 150 g/mol. The molecule has 1 aliphatic rings. The van der Waals surface area contributed by atoms with Crippen LogP contribution in [0.1, 0.15) is 13.3 Å². The van der Waals surface area contributed by atoms with Crippen LogP contribution in [0.2, 0.25) is 0 Å². The molecule has 0 saturated carbocycles. The molecule has 0 atom stereocenters. The maximum absolute atomic E-state index is 5.31. The number of hydrogen-bond acceptors (Lipinski definition) is 1. The van der Waals surface area contributed by atoms with E-state index in [4.69, 9.17) is 4.74 Å². The highest BCUT2D eigenvalue weighted by molar-refractivity contribution is 5.38. The molecule has 1 rings (SSSR count). The van der Waals surface area contributed by atoms with E-state index in [2.05, 4.69) is 13.2 Å². The third kappa shape index (κ3) is 1.81. The van der Waals surface area contributed by atoms with Crippen LogP contribution in [0.15, 0.2) is 36.0 Å². The van der Waals surface area contributed by atoms with E-state index in [-0.39, 0.29) is 0 Å². The molecule has 0 aliphatic carbocycles. The molecule has 0 bridgehead atoms. The minimum absolute atomic E-state index is 0.705. The first-order valence-corrected chi connectivity index (χ1v) is 3.83. The summed E-state index contributed by atoms with van der Waals surface area (Å²) in [6.45, 7) is 11.2. The molecular formula is C10H14O. The summed E-state index contributed by atoms with van der Waals surface area (Å²) in [5.41, 5.74) is 3.62. The Hall–Kier alpha value is -0.820. The van der Waals surface area contributed by atoms with Crippen LogP contribution in [0.25, 0.3) is 0 Å². The Morgan fingerprint density at radius 3 is 2.82 bits per heavy atom. The largest absolute Gasteiger partial charge is 0.376 e. The van der Waals surface area contributed by atoms with Crippen molar-refractivity contribution in [3.63, 3.8) is 0 Å². The molecule has 1 aliphatic heterocycles. The van der Waals surface area contributed by atoms with Gasteiger partial charge in [-0.1, -0.05) is 24.8 Å². The van der Waals surface area contributed by atoms with Crippen LogP contribution in [0.3, 0.4) is 0 Å². The van der Waals surface area contributed by atoms with Crippen LogP contribution in [0.4, 0.5) is 0 Å².